The van der Waals surface area contributed by atoms with Crippen molar-refractivity contribution < 1.29 is 4.74 Å². The maximum absolute atomic E-state index is 6.04. The van der Waals surface area contributed by atoms with E-state index in [9.17, 15) is 0 Å². The summed E-state index contributed by atoms with van der Waals surface area (Å²) in [5, 5.41) is 0. The fraction of sp³-hybridized carbons (Fsp3) is 0.895. The minimum Gasteiger partial charge on any atom is -0.381 e. The van der Waals surface area contributed by atoms with Gasteiger partial charge in [0.15, 0.2) is 0 Å². The Morgan fingerprint density at radius 3 is 1.31 bits per heavy atom. The molecule has 0 bridgehead atoms. The molecule has 0 aliphatic heterocycles. The molecule has 0 saturated heterocycles. The molecule has 0 aromatic rings. The molecule has 2 unspecified atom stereocenters. The van der Waals surface area contributed by atoms with Crippen molar-refractivity contribution >= 4 is 0 Å². The monoisotopic (exact) mass is 539 g/mol. The van der Waals surface area contributed by atoms with Gasteiger partial charge in [0.05, 0.1) is 0 Å². The van der Waals surface area contributed by atoms with Crippen molar-refractivity contribution in [3.63, 3.8) is 0 Å². The largest absolute Gasteiger partial charge is 0.381 e. The van der Waals surface area contributed by atoms with E-state index in [2.05, 4.69) is 26.0 Å². The molecule has 4 aliphatic rings. The average molecular weight is 539 g/mol. The van der Waals surface area contributed by atoms with Gasteiger partial charge < -0.3 is 4.74 Å². The van der Waals surface area contributed by atoms with Crippen molar-refractivity contribution in [2.75, 3.05) is 13.2 Å². The maximum Gasteiger partial charge on any atom is 0.0469 e. The fourth-order valence-electron chi connectivity index (χ4n) is 8.39. The van der Waals surface area contributed by atoms with Crippen LogP contribution in [0.1, 0.15) is 168 Å². The molecule has 2 saturated carbocycles. The quantitative estimate of drug-likeness (QED) is 0.140. The highest BCUT2D eigenvalue weighted by molar-refractivity contribution is 5.07. The Bertz CT molecular complexity index is 642. The summed E-state index contributed by atoms with van der Waals surface area (Å²) in [6.07, 6.45) is 39.5. The SMILES string of the molecule is CC1CCC(CCCC2CC=C(CCCOCCCC3=CCC(CCCC4CCC(C)CC4)CC3)CC2)CC1. The molecule has 39 heavy (non-hydrogen) atoms. The zero-order chi connectivity index (χ0) is 27.1. The van der Waals surface area contributed by atoms with Gasteiger partial charge in [-0.2, -0.15) is 0 Å². The lowest BCUT2D eigenvalue weighted by Crippen LogP contribution is -2.13. The maximum atomic E-state index is 6.04. The summed E-state index contributed by atoms with van der Waals surface area (Å²) >= 11 is 0. The van der Waals surface area contributed by atoms with Crippen LogP contribution in [0.15, 0.2) is 23.3 Å². The number of rotatable bonds is 16. The fourth-order valence-corrected chi connectivity index (χ4v) is 8.39. The van der Waals surface area contributed by atoms with E-state index >= 15 is 0 Å². The molecule has 0 radical (unpaired) electrons. The van der Waals surface area contributed by atoms with Crippen LogP contribution in [-0.4, -0.2) is 13.2 Å². The summed E-state index contributed by atoms with van der Waals surface area (Å²) in [4.78, 5) is 0. The zero-order valence-electron chi connectivity index (χ0n) is 26.4. The van der Waals surface area contributed by atoms with E-state index in [1.54, 1.807) is 11.1 Å². The van der Waals surface area contributed by atoms with Crippen LogP contribution >= 0.6 is 0 Å². The molecule has 2 atom stereocenters. The topological polar surface area (TPSA) is 9.23 Å². The van der Waals surface area contributed by atoms with Crippen LogP contribution in [0.5, 0.6) is 0 Å². The van der Waals surface area contributed by atoms with Gasteiger partial charge in [0.25, 0.3) is 0 Å². The smallest absolute Gasteiger partial charge is 0.0469 e. The Morgan fingerprint density at radius 2 is 0.923 bits per heavy atom. The Kier molecular flexibility index (Phi) is 14.5. The lowest BCUT2D eigenvalue weighted by Gasteiger charge is -2.27. The highest BCUT2D eigenvalue weighted by atomic mass is 16.5. The van der Waals surface area contributed by atoms with Crippen LogP contribution < -0.4 is 0 Å². The van der Waals surface area contributed by atoms with E-state index in [-0.39, 0.29) is 0 Å². The van der Waals surface area contributed by atoms with Gasteiger partial charge >= 0.3 is 0 Å². The van der Waals surface area contributed by atoms with Crippen LogP contribution in [0.4, 0.5) is 0 Å². The lowest BCUT2D eigenvalue weighted by atomic mass is 9.79. The minimum absolute atomic E-state index is 0.960. The first-order chi connectivity index (χ1) is 19.1. The third-order valence-corrected chi connectivity index (χ3v) is 11.5. The van der Waals surface area contributed by atoms with Gasteiger partial charge in [0.1, 0.15) is 0 Å². The predicted octanol–water partition coefficient (Wildman–Crippen LogP) is 12.0. The Morgan fingerprint density at radius 1 is 0.513 bits per heavy atom. The normalized spacial score (nSPS) is 32.1. The molecular weight excluding hydrogens is 472 g/mol. The summed E-state index contributed by atoms with van der Waals surface area (Å²) in [6, 6.07) is 0. The number of ether oxygens (including phenoxy) is 1. The summed E-state index contributed by atoms with van der Waals surface area (Å²) in [6.45, 7) is 6.80. The van der Waals surface area contributed by atoms with E-state index in [4.69, 9.17) is 4.74 Å². The van der Waals surface area contributed by atoms with E-state index in [0.717, 1.165) is 48.7 Å². The van der Waals surface area contributed by atoms with Crippen molar-refractivity contribution in [2.24, 2.45) is 35.5 Å². The molecule has 4 rings (SSSR count). The number of hydrogen-bond acceptors (Lipinski definition) is 1. The third-order valence-electron chi connectivity index (χ3n) is 11.5. The van der Waals surface area contributed by atoms with Gasteiger partial charge in [-0.1, -0.05) is 127 Å². The molecule has 0 aromatic heterocycles. The molecule has 0 heterocycles. The molecule has 0 spiro atoms. The van der Waals surface area contributed by atoms with E-state index in [1.165, 1.54) is 154 Å². The van der Waals surface area contributed by atoms with E-state index in [1.807, 2.05) is 0 Å². The summed E-state index contributed by atoms with van der Waals surface area (Å²) < 4.78 is 6.04. The van der Waals surface area contributed by atoms with Crippen molar-refractivity contribution in [1.82, 2.24) is 0 Å². The molecule has 0 N–H and O–H groups in total. The Balaban J connectivity index is 0.937. The highest BCUT2D eigenvalue weighted by Crippen LogP contribution is 2.35. The van der Waals surface area contributed by atoms with Crippen LogP contribution in [0.3, 0.4) is 0 Å². The van der Waals surface area contributed by atoms with Gasteiger partial charge in [-0.25, -0.2) is 0 Å². The average Bonchev–Trinajstić information content (AvgIpc) is 2.96. The lowest BCUT2D eigenvalue weighted by molar-refractivity contribution is 0.129. The third kappa shape index (κ3) is 12.5. The second-order valence-electron chi connectivity index (χ2n) is 14.9. The first-order valence-corrected chi connectivity index (χ1v) is 18.1. The van der Waals surface area contributed by atoms with E-state index < -0.39 is 0 Å². The Hall–Kier alpha value is -0.560. The standard InChI is InChI=1S/C38H66O/c1-31-13-17-33(18-14-31)7-3-9-35-21-25-37(26-22-35)11-5-29-39-30-6-12-38-27-23-36(24-28-38)10-4-8-34-19-15-32(2)16-20-34/h25,27,31-36H,3-24,26,28-30H2,1-2H3. The van der Waals surface area contributed by atoms with Gasteiger partial charge in [-0.05, 0) is 99.7 Å². The van der Waals surface area contributed by atoms with Crippen molar-refractivity contribution in [3.8, 4) is 0 Å². The summed E-state index contributed by atoms with van der Waals surface area (Å²) in [5.41, 5.74) is 3.46. The first-order valence-electron chi connectivity index (χ1n) is 18.1. The van der Waals surface area contributed by atoms with Gasteiger partial charge in [0, 0.05) is 13.2 Å². The van der Waals surface area contributed by atoms with Gasteiger partial charge in [0.2, 0.25) is 0 Å². The van der Waals surface area contributed by atoms with Crippen LogP contribution in [0.25, 0.3) is 0 Å². The van der Waals surface area contributed by atoms with Crippen LogP contribution in [0, 0.1) is 35.5 Å². The molecule has 2 fully saturated rings. The van der Waals surface area contributed by atoms with Gasteiger partial charge in [-0.3, -0.25) is 0 Å². The van der Waals surface area contributed by atoms with Crippen LogP contribution in [0.2, 0.25) is 0 Å². The second-order valence-corrected chi connectivity index (χ2v) is 14.9. The molecule has 0 aromatic carbocycles. The zero-order valence-corrected chi connectivity index (χ0v) is 26.4. The summed E-state index contributed by atoms with van der Waals surface area (Å²) in [5.74, 6) is 6.05. The van der Waals surface area contributed by atoms with Crippen LogP contribution in [-0.2, 0) is 4.74 Å². The highest BCUT2D eigenvalue weighted by Gasteiger charge is 2.21. The predicted molar refractivity (Wildman–Crippen MR) is 170 cm³/mol. The minimum atomic E-state index is 0.960. The number of allylic oxidation sites excluding steroid dienone is 4. The van der Waals surface area contributed by atoms with Crippen molar-refractivity contribution in [3.05, 3.63) is 23.3 Å². The van der Waals surface area contributed by atoms with E-state index in [0.29, 0.717) is 0 Å². The molecule has 1 nitrogen and oxygen atoms in total. The molecule has 224 valence electrons. The molecular formula is C38H66O. The van der Waals surface area contributed by atoms with Crippen molar-refractivity contribution in [1.29, 1.82) is 0 Å². The van der Waals surface area contributed by atoms with Gasteiger partial charge in [-0.15, -0.1) is 0 Å². The molecule has 4 aliphatic carbocycles. The Labute approximate surface area is 244 Å². The van der Waals surface area contributed by atoms with Crippen molar-refractivity contribution in [2.45, 2.75) is 168 Å². The second kappa shape index (κ2) is 18.1. The summed E-state index contributed by atoms with van der Waals surface area (Å²) in [7, 11) is 0. The molecule has 1 heteroatoms. The number of hydrogen-bond donors (Lipinski definition) is 0. The first kappa shape index (κ1) is 31.4. The molecule has 0 amide bonds.